The Hall–Kier alpha value is -2.78. The van der Waals surface area contributed by atoms with Crippen LogP contribution in [0.4, 0.5) is 0 Å². The second-order valence-corrected chi connectivity index (χ2v) is 7.10. The van der Waals surface area contributed by atoms with Crippen LogP contribution in [-0.4, -0.2) is 85.5 Å². The van der Waals surface area contributed by atoms with Gasteiger partial charge in [0.2, 0.25) is 17.7 Å². The Bertz CT molecular complexity index is 791. The van der Waals surface area contributed by atoms with E-state index in [4.69, 9.17) is 15.9 Å². The molecule has 0 radical (unpaired) electrons. The molecule has 1 rings (SSSR count). The van der Waals surface area contributed by atoms with Gasteiger partial charge in [-0.05, 0) is 0 Å². The van der Waals surface area contributed by atoms with Gasteiger partial charge in [-0.1, -0.05) is 0 Å². The molecular weight excluding hydrogens is 452 g/mol. The Morgan fingerprint density at radius 2 is 1.55 bits per heavy atom. The smallest absolute Gasteiger partial charge is 0.327 e. The standard InChI is InChI=1S/C16H24N6O7S2/c17-8(4-30)13(25)20-9(1-7-3-18-6-19-7)14(26)21-10(2-12(23)24)15(27)22-11(5-31)16(28)29/h3,6,8-11,30-31H,1-2,4-5,17H2,(H,18,19)(H,20,25)(H,21,26)(H,22,27)(H,23,24)(H,28,29)/t8-,9-,10-,11-/m0/s1. The van der Waals surface area contributed by atoms with Gasteiger partial charge in [-0.3, -0.25) is 19.2 Å². The lowest BCUT2D eigenvalue weighted by molar-refractivity contribution is -0.143. The van der Waals surface area contributed by atoms with Crippen molar-refractivity contribution in [3.63, 3.8) is 0 Å². The van der Waals surface area contributed by atoms with Crippen LogP contribution in [0.15, 0.2) is 12.5 Å². The number of carbonyl (C=O) groups is 5. The van der Waals surface area contributed by atoms with Crippen molar-refractivity contribution in [2.75, 3.05) is 11.5 Å². The summed E-state index contributed by atoms with van der Waals surface area (Å²) in [7, 11) is 0. The van der Waals surface area contributed by atoms with Gasteiger partial charge in [0.1, 0.15) is 18.1 Å². The summed E-state index contributed by atoms with van der Waals surface area (Å²) in [5.74, 6) is -5.64. The molecule has 0 fully saturated rings. The highest BCUT2D eigenvalue weighted by Crippen LogP contribution is 2.03. The van der Waals surface area contributed by atoms with Gasteiger partial charge in [-0.25, -0.2) is 9.78 Å². The largest absolute Gasteiger partial charge is 0.481 e. The predicted molar refractivity (Wildman–Crippen MR) is 114 cm³/mol. The summed E-state index contributed by atoms with van der Waals surface area (Å²) in [5, 5.41) is 24.9. The molecule has 0 unspecified atom stereocenters. The molecule has 4 atom stereocenters. The molecule has 0 bridgehead atoms. The van der Waals surface area contributed by atoms with Gasteiger partial charge in [0.25, 0.3) is 0 Å². The summed E-state index contributed by atoms with van der Waals surface area (Å²) < 4.78 is 0. The highest BCUT2D eigenvalue weighted by atomic mass is 32.1. The fraction of sp³-hybridized carbons (Fsp3) is 0.500. The highest BCUT2D eigenvalue weighted by Gasteiger charge is 2.31. The van der Waals surface area contributed by atoms with Crippen molar-refractivity contribution in [3.05, 3.63) is 18.2 Å². The van der Waals surface area contributed by atoms with E-state index in [-0.39, 0.29) is 17.9 Å². The maximum absolute atomic E-state index is 12.8. The second-order valence-electron chi connectivity index (χ2n) is 6.37. The lowest BCUT2D eigenvalue weighted by Crippen LogP contribution is -2.58. The van der Waals surface area contributed by atoms with Crippen molar-refractivity contribution in [1.82, 2.24) is 25.9 Å². The van der Waals surface area contributed by atoms with E-state index in [9.17, 15) is 24.0 Å². The van der Waals surface area contributed by atoms with Gasteiger partial charge in [0.05, 0.1) is 18.8 Å². The van der Waals surface area contributed by atoms with Crippen LogP contribution in [-0.2, 0) is 30.4 Å². The minimum atomic E-state index is -1.61. The van der Waals surface area contributed by atoms with E-state index >= 15 is 0 Å². The number of thiol groups is 2. The topological polar surface area (TPSA) is 217 Å². The quantitative estimate of drug-likeness (QED) is 0.134. The first-order valence-electron chi connectivity index (χ1n) is 8.89. The number of aliphatic carboxylic acids is 2. The lowest BCUT2D eigenvalue weighted by Gasteiger charge is -2.24. The molecule has 1 heterocycles. The number of rotatable bonds is 13. The molecule has 0 aromatic carbocycles. The van der Waals surface area contributed by atoms with Crippen LogP contribution in [0.1, 0.15) is 12.1 Å². The molecule has 3 amide bonds. The maximum atomic E-state index is 12.8. The number of aromatic amines is 1. The number of amides is 3. The number of nitrogens with two attached hydrogens (primary N) is 1. The van der Waals surface area contributed by atoms with Crippen molar-refractivity contribution in [1.29, 1.82) is 0 Å². The van der Waals surface area contributed by atoms with E-state index < -0.39 is 60.2 Å². The summed E-state index contributed by atoms with van der Waals surface area (Å²) >= 11 is 7.73. The third-order valence-electron chi connectivity index (χ3n) is 3.95. The summed E-state index contributed by atoms with van der Waals surface area (Å²) in [5.41, 5.74) is 6.08. The molecule has 0 aliphatic rings. The molecule has 172 valence electrons. The summed E-state index contributed by atoms with van der Waals surface area (Å²) in [4.78, 5) is 66.1. The predicted octanol–water partition coefficient (Wildman–Crippen LogP) is -2.85. The fourth-order valence-electron chi connectivity index (χ4n) is 2.30. The highest BCUT2D eigenvalue weighted by molar-refractivity contribution is 7.80. The van der Waals surface area contributed by atoms with E-state index in [0.29, 0.717) is 5.69 Å². The number of carboxylic acids is 2. The van der Waals surface area contributed by atoms with Crippen molar-refractivity contribution < 1.29 is 34.2 Å². The monoisotopic (exact) mass is 476 g/mol. The normalized spacial score (nSPS) is 14.5. The van der Waals surface area contributed by atoms with E-state index in [1.807, 2.05) is 0 Å². The van der Waals surface area contributed by atoms with Gasteiger partial charge in [-0.15, -0.1) is 0 Å². The molecule has 0 aliphatic heterocycles. The molecule has 0 saturated carbocycles. The average Bonchev–Trinajstić information content (AvgIpc) is 3.22. The van der Waals surface area contributed by atoms with Gasteiger partial charge >= 0.3 is 11.9 Å². The summed E-state index contributed by atoms with van der Waals surface area (Å²) in [6.07, 6.45) is 1.89. The third kappa shape index (κ3) is 8.85. The van der Waals surface area contributed by atoms with Crippen LogP contribution in [0.3, 0.4) is 0 Å². The number of hydrogen-bond donors (Lipinski definition) is 9. The zero-order chi connectivity index (χ0) is 23.6. The first kappa shape index (κ1) is 26.3. The van der Waals surface area contributed by atoms with Crippen LogP contribution < -0.4 is 21.7 Å². The van der Waals surface area contributed by atoms with E-state index in [2.05, 4.69) is 51.2 Å². The van der Waals surface area contributed by atoms with Crippen molar-refractivity contribution in [3.8, 4) is 0 Å². The van der Waals surface area contributed by atoms with Crippen LogP contribution >= 0.6 is 25.3 Å². The van der Waals surface area contributed by atoms with Gasteiger partial charge < -0.3 is 36.9 Å². The minimum Gasteiger partial charge on any atom is -0.481 e. The Balaban J connectivity index is 3.01. The van der Waals surface area contributed by atoms with Crippen LogP contribution in [0, 0.1) is 0 Å². The summed E-state index contributed by atoms with van der Waals surface area (Å²) in [6, 6.07) is -5.24. The number of carbonyl (C=O) groups excluding carboxylic acids is 3. The number of nitrogens with one attached hydrogen (secondary N) is 4. The molecule has 0 spiro atoms. The Labute approximate surface area is 187 Å². The molecule has 8 N–H and O–H groups in total. The molecule has 0 aliphatic carbocycles. The van der Waals surface area contributed by atoms with E-state index in [1.54, 1.807) is 0 Å². The number of H-pyrrole nitrogens is 1. The summed E-state index contributed by atoms with van der Waals surface area (Å²) in [6.45, 7) is 0. The Kier molecular flexibility index (Phi) is 10.8. The van der Waals surface area contributed by atoms with Crippen molar-refractivity contribution in [2.24, 2.45) is 5.73 Å². The first-order valence-corrected chi connectivity index (χ1v) is 10.2. The molecule has 15 heteroatoms. The molecule has 0 saturated heterocycles. The molecule has 31 heavy (non-hydrogen) atoms. The van der Waals surface area contributed by atoms with Gasteiger partial charge in [-0.2, -0.15) is 25.3 Å². The SMILES string of the molecule is N[C@@H](CS)C(=O)N[C@@H](Cc1cnc[nH]1)C(=O)N[C@@H](CC(=O)O)C(=O)N[C@@H](CS)C(=O)O. The first-order chi connectivity index (χ1) is 14.6. The molecule has 13 nitrogen and oxygen atoms in total. The van der Waals surface area contributed by atoms with Crippen molar-refractivity contribution in [2.45, 2.75) is 37.0 Å². The second kappa shape index (κ2) is 12.8. The van der Waals surface area contributed by atoms with Crippen molar-refractivity contribution >= 4 is 54.9 Å². The van der Waals surface area contributed by atoms with Crippen LogP contribution in [0.5, 0.6) is 0 Å². The third-order valence-corrected chi connectivity index (χ3v) is 4.71. The number of imidazole rings is 1. The van der Waals surface area contributed by atoms with E-state index in [1.165, 1.54) is 12.5 Å². The Morgan fingerprint density at radius 1 is 0.968 bits per heavy atom. The maximum Gasteiger partial charge on any atom is 0.327 e. The van der Waals surface area contributed by atoms with E-state index in [0.717, 1.165) is 0 Å². The molecule has 1 aromatic heterocycles. The number of aromatic nitrogens is 2. The van der Waals surface area contributed by atoms with Gasteiger partial charge in [0, 0.05) is 29.8 Å². The van der Waals surface area contributed by atoms with Crippen LogP contribution in [0.25, 0.3) is 0 Å². The van der Waals surface area contributed by atoms with Crippen LogP contribution in [0.2, 0.25) is 0 Å². The number of nitrogens with zero attached hydrogens (tertiary/aromatic N) is 1. The zero-order valence-corrected chi connectivity index (χ0v) is 17.9. The average molecular weight is 477 g/mol. The Morgan fingerprint density at radius 3 is 2.03 bits per heavy atom. The minimum absolute atomic E-state index is 0.00851. The number of hydrogen-bond acceptors (Lipinski definition) is 9. The lowest BCUT2D eigenvalue weighted by atomic mass is 10.1. The number of carboxylic acid groups (broad SMARTS) is 2. The molecule has 1 aromatic rings. The van der Waals surface area contributed by atoms with Gasteiger partial charge in [0.15, 0.2) is 0 Å². The fourth-order valence-corrected chi connectivity index (χ4v) is 2.71. The zero-order valence-electron chi connectivity index (χ0n) is 16.1. The molecular formula is C16H24N6O7S2.